The van der Waals surface area contributed by atoms with Crippen LogP contribution in [-0.2, 0) is 6.42 Å². The summed E-state index contributed by atoms with van der Waals surface area (Å²) in [4.78, 5) is 0. The zero-order valence-electron chi connectivity index (χ0n) is 16.7. The number of nitriles is 1. The summed E-state index contributed by atoms with van der Waals surface area (Å²) >= 11 is 4.48. The van der Waals surface area contributed by atoms with Crippen molar-refractivity contribution in [1.29, 1.82) is 5.26 Å². The predicted molar refractivity (Wildman–Crippen MR) is 134 cm³/mol. The molecule has 148 valence electrons. The molecule has 0 aromatic heterocycles. The summed E-state index contributed by atoms with van der Waals surface area (Å²) in [5, 5.41) is 10.2. The quantitative estimate of drug-likeness (QED) is 0.319. The number of hydrogen-bond donors (Lipinski definition) is 0. The first kappa shape index (κ1) is 20.5. The number of rotatable bonds is 6. The summed E-state index contributed by atoms with van der Waals surface area (Å²) in [7, 11) is 0. The van der Waals surface area contributed by atoms with Crippen LogP contribution in [0.4, 0.5) is 0 Å². The molecule has 4 aromatic rings. The SMILES string of the molecule is N#Cc1ccc(CCP(Br)(c2ccccc2)(c2ccccc2)c2ccccc2)cc1. The molecule has 0 fully saturated rings. The first-order chi connectivity index (χ1) is 14.6. The van der Waals surface area contributed by atoms with Gasteiger partial charge in [-0.1, -0.05) is 0 Å². The summed E-state index contributed by atoms with van der Waals surface area (Å²) in [6, 6.07) is 42.7. The summed E-state index contributed by atoms with van der Waals surface area (Å²) in [5.41, 5.74) is 1.94. The molecule has 4 rings (SSSR count). The molecule has 0 radical (unpaired) electrons. The Labute approximate surface area is 186 Å². The summed E-state index contributed by atoms with van der Waals surface area (Å²) in [5.74, 6) is 0. The summed E-state index contributed by atoms with van der Waals surface area (Å²) in [6.07, 6.45) is 1.86. The van der Waals surface area contributed by atoms with Crippen molar-refractivity contribution in [1.82, 2.24) is 0 Å². The predicted octanol–water partition coefficient (Wildman–Crippen LogP) is 5.94. The zero-order valence-corrected chi connectivity index (χ0v) is 19.1. The van der Waals surface area contributed by atoms with Gasteiger partial charge in [0.1, 0.15) is 0 Å². The topological polar surface area (TPSA) is 23.8 Å². The van der Waals surface area contributed by atoms with Crippen LogP contribution in [0.1, 0.15) is 11.1 Å². The normalized spacial score (nSPS) is 12.5. The molecular formula is C27H23BrNP. The molecule has 0 aliphatic rings. The molecule has 30 heavy (non-hydrogen) atoms. The molecule has 0 heterocycles. The molecule has 0 aliphatic carbocycles. The average molecular weight is 472 g/mol. The van der Waals surface area contributed by atoms with Gasteiger partial charge >= 0.3 is 187 Å². The van der Waals surface area contributed by atoms with Crippen LogP contribution in [-0.4, -0.2) is 6.16 Å². The number of nitrogens with zero attached hydrogens (tertiary/aromatic N) is 1. The van der Waals surface area contributed by atoms with E-state index in [0.717, 1.165) is 12.6 Å². The van der Waals surface area contributed by atoms with E-state index in [-0.39, 0.29) is 0 Å². The van der Waals surface area contributed by atoms with E-state index >= 15 is 0 Å². The molecule has 0 amide bonds. The van der Waals surface area contributed by atoms with Crippen LogP contribution in [0.25, 0.3) is 0 Å². The molecule has 0 unspecified atom stereocenters. The summed E-state index contributed by atoms with van der Waals surface area (Å²) in [6.45, 7) is 0. The maximum atomic E-state index is 9.12. The van der Waals surface area contributed by atoms with E-state index in [4.69, 9.17) is 5.26 Å². The monoisotopic (exact) mass is 471 g/mol. The second kappa shape index (κ2) is 8.57. The van der Waals surface area contributed by atoms with Gasteiger partial charge in [0, 0.05) is 0 Å². The van der Waals surface area contributed by atoms with Crippen LogP contribution in [0.5, 0.6) is 0 Å². The van der Waals surface area contributed by atoms with E-state index in [9.17, 15) is 0 Å². The zero-order chi connectivity index (χ0) is 20.9. The molecular weight excluding hydrogens is 449 g/mol. The number of aryl methyl sites for hydroxylation is 1. The molecule has 0 aliphatic heterocycles. The van der Waals surface area contributed by atoms with E-state index in [0.29, 0.717) is 5.56 Å². The van der Waals surface area contributed by atoms with Crippen molar-refractivity contribution >= 4 is 36.7 Å². The van der Waals surface area contributed by atoms with E-state index in [1.807, 2.05) is 12.1 Å². The maximum absolute atomic E-state index is 9.12. The molecule has 0 saturated heterocycles. The van der Waals surface area contributed by atoms with E-state index in [2.05, 4.69) is 125 Å². The molecule has 0 saturated carbocycles. The van der Waals surface area contributed by atoms with Crippen molar-refractivity contribution < 1.29 is 0 Å². The van der Waals surface area contributed by atoms with Crippen LogP contribution >= 0.6 is 20.8 Å². The Balaban J connectivity index is 1.92. The summed E-state index contributed by atoms with van der Waals surface area (Å²) < 4.78 is 0. The van der Waals surface area contributed by atoms with Crippen molar-refractivity contribution in [3.63, 3.8) is 0 Å². The Hall–Kier alpha value is -2.72. The van der Waals surface area contributed by atoms with Crippen molar-refractivity contribution in [2.75, 3.05) is 6.16 Å². The van der Waals surface area contributed by atoms with Gasteiger partial charge in [0.05, 0.1) is 0 Å². The van der Waals surface area contributed by atoms with Crippen LogP contribution in [0, 0.1) is 11.3 Å². The number of benzene rings is 4. The third-order valence-electron chi connectivity index (χ3n) is 5.79. The third kappa shape index (κ3) is 3.61. The number of hydrogen-bond acceptors (Lipinski definition) is 1. The molecule has 0 spiro atoms. The van der Waals surface area contributed by atoms with Crippen LogP contribution < -0.4 is 15.9 Å². The average Bonchev–Trinajstić information content (AvgIpc) is 2.85. The Morgan fingerprint density at radius 1 is 0.600 bits per heavy atom. The van der Waals surface area contributed by atoms with Crippen molar-refractivity contribution in [3.05, 3.63) is 126 Å². The Bertz CT molecular complexity index is 1050. The fourth-order valence-corrected chi connectivity index (χ4v) is 11.5. The Kier molecular flexibility index (Phi) is 5.87. The van der Waals surface area contributed by atoms with Crippen molar-refractivity contribution in [2.45, 2.75) is 6.42 Å². The molecule has 0 N–H and O–H groups in total. The third-order valence-corrected chi connectivity index (χ3v) is 15.7. The van der Waals surface area contributed by atoms with Gasteiger partial charge < -0.3 is 0 Å². The van der Waals surface area contributed by atoms with Crippen LogP contribution in [0.15, 0.2) is 115 Å². The van der Waals surface area contributed by atoms with Crippen molar-refractivity contribution in [3.8, 4) is 6.07 Å². The molecule has 0 bridgehead atoms. The molecule has 0 atom stereocenters. The minimum atomic E-state index is -2.90. The standard InChI is InChI=1S/C27H23BrNP/c28-30(25-10-4-1-5-11-25,26-12-6-2-7-13-26,27-14-8-3-9-15-27)21-20-23-16-18-24(22-29)19-17-23/h1-19H,20-21H2. The van der Waals surface area contributed by atoms with Gasteiger partial charge in [-0.3, -0.25) is 0 Å². The van der Waals surface area contributed by atoms with E-state index in [1.165, 1.54) is 21.5 Å². The second-order valence-corrected chi connectivity index (χ2v) is 16.5. The van der Waals surface area contributed by atoms with Gasteiger partial charge in [-0.15, -0.1) is 0 Å². The fourth-order valence-electron chi connectivity index (χ4n) is 4.14. The van der Waals surface area contributed by atoms with Gasteiger partial charge in [-0.05, 0) is 0 Å². The van der Waals surface area contributed by atoms with E-state index < -0.39 is 5.31 Å². The van der Waals surface area contributed by atoms with Gasteiger partial charge in [0.25, 0.3) is 0 Å². The van der Waals surface area contributed by atoms with Gasteiger partial charge in [-0.2, -0.15) is 0 Å². The van der Waals surface area contributed by atoms with E-state index in [1.54, 1.807) is 0 Å². The Morgan fingerprint density at radius 3 is 1.37 bits per heavy atom. The fraction of sp³-hybridized carbons (Fsp3) is 0.0741. The molecule has 4 aromatic carbocycles. The van der Waals surface area contributed by atoms with Crippen molar-refractivity contribution in [2.24, 2.45) is 0 Å². The van der Waals surface area contributed by atoms with Gasteiger partial charge in [-0.25, -0.2) is 0 Å². The minimum absolute atomic E-state index is 0.698. The van der Waals surface area contributed by atoms with Crippen LogP contribution in [0.3, 0.4) is 0 Å². The second-order valence-electron chi connectivity index (χ2n) is 7.47. The molecule has 3 heteroatoms. The number of halogens is 1. The van der Waals surface area contributed by atoms with Gasteiger partial charge in [0.15, 0.2) is 0 Å². The van der Waals surface area contributed by atoms with Gasteiger partial charge in [0.2, 0.25) is 0 Å². The Morgan fingerprint density at radius 2 is 1.00 bits per heavy atom. The first-order valence-corrected chi connectivity index (χ1v) is 14.5. The first-order valence-electron chi connectivity index (χ1n) is 10.0. The molecule has 1 nitrogen and oxygen atoms in total. The van der Waals surface area contributed by atoms with Crippen LogP contribution in [0.2, 0.25) is 0 Å².